The van der Waals surface area contributed by atoms with Crippen LogP contribution in [-0.4, -0.2) is 33.3 Å². The molecule has 0 aliphatic rings. The van der Waals surface area contributed by atoms with Gasteiger partial charge < -0.3 is 10.5 Å². The van der Waals surface area contributed by atoms with E-state index in [1.807, 2.05) is 0 Å². The van der Waals surface area contributed by atoms with E-state index in [0.717, 1.165) is 7.11 Å². The van der Waals surface area contributed by atoms with Crippen LogP contribution in [0.5, 0.6) is 0 Å². The molecular formula is C14H18N2O4S. The van der Waals surface area contributed by atoms with Gasteiger partial charge in [0.15, 0.2) is 5.25 Å². The smallest absolute Gasteiger partial charge is 0.325 e. The highest BCUT2D eigenvalue weighted by atomic mass is 32.2. The summed E-state index contributed by atoms with van der Waals surface area (Å²) in [6.45, 7) is 1.53. The number of nitrogens with one attached hydrogen (secondary N) is 1. The van der Waals surface area contributed by atoms with Gasteiger partial charge in [-0.1, -0.05) is 30.0 Å². The van der Waals surface area contributed by atoms with Gasteiger partial charge in [-0.3, -0.25) is 4.79 Å². The quantitative estimate of drug-likeness (QED) is 0.588. The second-order valence-electron chi connectivity index (χ2n) is 4.19. The second kappa shape index (κ2) is 7.78. The monoisotopic (exact) mass is 310 g/mol. The Morgan fingerprint density at radius 2 is 2.10 bits per heavy atom. The van der Waals surface area contributed by atoms with Crippen molar-refractivity contribution in [1.82, 2.24) is 4.72 Å². The third-order valence-corrected chi connectivity index (χ3v) is 4.47. The molecule has 0 aromatic heterocycles. The summed E-state index contributed by atoms with van der Waals surface area (Å²) in [6, 6.07) is 7.11. The summed E-state index contributed by atoms with van der Waals surface area (Å²) < 4.78 is 30.7. The van der Waals surface area contributed by atoms with Crippen LogP contribution in [0.25, 0.3) is 0 Å². The normalized spacial score (nSPS) is 12.1. The number of hydrogen-bond donors (Lipinski definition) is 2. The Labute approximate surface area is 124 Å². The van der Waals surface area contributed by atoms with E-state index in [1.165, 1.54) is 6.92 Å². The maximum atomic E-state index is 12.0. The van der Waals surface area contributed by atoms with Crippen molar-refractivity contribution in [1.29, 1.82) is 0 Å². The van der Waals surface area contributed by atoms with Crippen LogP contribution < -0.4 is 10.5 Å². The second-order valence-corrected chi connectivity index (χ2v) is 6.28. The molecule has 1 aromatic rings. The molecule has 7 heteroatoms. The van der Waals surface area contributed by atoms with E-state index in [1.54, 1.807) is 24.3 Å². The molecule has 0 radical (unpaired) electrons. The summed E-state index contributed by atoms with van der Waals surface area (Å²) in [6.07, 6.45) is 0. The third-order valence-electron chi connectivity index (χ3n) is 2.80. The van der Waals surface area contributed by atoms with Gasteiger partial charge in [-0.25, -0.2) is 13.1 Å². The van der Waals surface area contributed by atoms with Crippen LogP contribution in [0.3, 0.4) is 0 Å². The average Bonchev–Trinajstić information content (AvgIpc) is 2.50. The first kappa shape index (κ1) is 17.2. The van der Waals surface area contributed by atoms with Gasteiger partial charge in [0, 0.05) is 12.1 Å². The zero-order valence-corrected chi connectivity index (χ0v) is 12.7. The minimum Gasteiger partial charge on any atom is -0.468 e. The molecule has 21 heavy (non-hydrogen) atoms. The number of carbonyl (C=O) groups excluding carboxylic acids is 1. The van der Waals surface area contributed by atoms with Crippen molar-refractivity contribution >= 4 is 16.0 Å². The van der Waals surface area contributed by atoms with Crippen molar-refractivity contribution in [3.63, 3.8) is 0 Å². The van der Waals surface area contributed by atoms with E-state index in [4.69, 9.17) is 5.73 Å². The lowest BCUT2D eigenvalue weighted by atomic mass is 10.1. The van der Waals surface area contributed by atoms with Gasteiger partial charge in [-0.05, 0) is 18.6 Å². The number of rotatable bonds is 5. The number of ether oxygens (including phenoxy) is 1. The number of hydrogen-bond acceptors (Lipinski definition) is 5. The molecule has 1 unspecified atom stereocenters. The van der Waals surface area contributed by atoms with Crippen LogP contribution >= 0.6 is 0 Å². The van der Waals surface area contributed by atoms with Crippen molar-refractivity contribution in [3.8, 4) is 11.8 Å². The summed E-state index contributed by atoms with van der Waals surface area (Å²) in [5.74, 6) is 4.78. The van der Waals surface area contributed by atoms with Crippen molar-refractivity contribution in [2.45, 2.75) is 18.7 Å². The molecule has 1 atom stereocenters. The van der Waals surface area contributed by atoms with Gasteiger partial charge in [-0.15, -0.1) is 0 Å². The number of methoxy groups -OCH3 is 1. The minimum atomic E-state index is -3.80. The van der Waals surface area contributed by atoms with Gasteiger partial charge in [0.2, 0.25) is 10.0 Å². The van der Waals surface area contributed by atoms with Crippen molar-refractivity contribution in [2.75, 3.05) is 13.7 Å². The first-order valence-electron chi connectivity index (χ1n) is 6.25. The lowest BCUT2D eigenvalue weighted by Crippen LogP contribution is -2.37. The highest BCUT2D eigenvalue weighted by molar-refractivity contribution is 7.90. The number of nitrogens with two attached hydrogens (primary N) is 1. The summed E-state index contributed by atoms with van der Waals surface area (Å²) in [5, 5.41) is -1.27. The van der Waals surface area contributed by atoms with Crippen molar-refractivity contribution in [3.05, 3.63) is 35.4 Å². The van der Waals surface area contributed by atoms with Gasteiger partial charge in [-0.2, -0.15) is 0 Å². The zero-order chi connectivity index (χ0) is 15.9. The molecule has 0 bridgehead atoms. The van der Waals surface area contributed by atoms with E-state index in [9.17, 15) is 13.2 Å². The molecule has 6 nitrogen and oxygen atoms in total. The van der Waals surface area contributed by atoms with E-state index < -0.39 is 21.2 Å². The molecule has 0 heterocycles. The van der Waals surface area contributed by atoms with Gasteiger partial charge in [0.1, 0.15) is 0 Å². The van der Waals surface area contributed by atoms with E-state index in [2.05, 4.69) is 21.3 Å². The molecule has 0 spiro atoms. The van der Waals surface area contributed by atoms with Crippen LogP contribution in [0.4, 0.5) is 0 Å². The Balaban J connectivity index is 2.87. The molecule has 114 valence electrons. The summed E-state index contributed by atoms with van der Waals surface area (Å²) >= 11 is 0. The van der Waals surface area contributed by atoms with E-state index >= 15 is 0 Å². The maximum Gasteiger partial charge on any atom is 0.325 e. The number of esters is 1. The minimum absolute atomic E-state index is 0.0408. The molecular weight excluding hydrogens is 292 g/mol. The van der Waals surface area contributed by atoms with Crippen LogP contribution in [-0.2, 0) is 26.1 Å². The zero-order valence-electron chi connectivity index (χ0n) is 11.9. The van der Waals surface area contributed by atoms with Crippen molar-refractivity contribution < 1.29 is 17.9 Å². The lowest BCUT2D eigenvalue weighted by molar-refractivity contribution is -0.139. The standard InChI is InChI=1S/C14H18N2O4S/c1-11(14(17)20-2)21(18,19)16-10-13-7-4-3-6-12(13)8-5-9-15/h3-4,6-7,11,16H,9-10,15H2,1-2H3. The van der Waals surface area contributed by atoms with Crippen LogP contribution in [0.1, 0.15) is 18.1 Å². The Bertz CT molecular complexity index is 659. The fourth-order valence-corrected chi connectivity index (χ4v) is 2.49. The van der Waals surface area contributed by atoms with Crippen LogP contribution in [0.15, 0.2) is 24.3 Å². The Morgan fingerprint density at radius 1 is 1.43 bits per heavy atom. The fraction of sp³-hybridized carbons (Fsp3) is 0.357. The summed E-state index contributed by atoms with van der Waals surface area (Å²) in [5.41, 5.74) is 6.72. The number of carbonyl (C=O) groups is 1. The molecule has 0 saturated carbocycles. The fourth-order valence-electron chi connectivity index (χ4n) is 1.54. The summed E-state index contributed by atoms with van der Waals surface area (Å²) in [4.78, 5) is 11.3. The topological polar surface area (TPSA) is 98.5 Å². The Hall–Kier alpha value is -1.88. The highest BCUT2D eigenvalue weighted by Crippen LogP contribution is 2.09. The molecule has 1 rings (SSSR count). The Kier molecular flexibility index (Phi) is 6.37. The average molecular weight is 310 g/mol. The largest absolute Gasteiger partial charge is 0.468 e. The van der Waals surface area contributed by atoms with Gasteiger partial charge in [0.25, 0.3) is 0 Å². The van der Waals surface area contributed by atoms with E-state index in [-0.39, 0.29) is 13.1 Å². The van der Waals surface area contributed by atoms with Gasteiger partial charge >= 0.3 is 5.97 Å². The predicted octanol–water partition coefficient (Wildman–Crippen LogP) is -0.0223. The van der Waals surface area contributed by atoms with E-state index in [0.29, 0.717) is 11.1 Å². The maximum absolute atomic E-state index is 12.0. The van der Waals surface area contributed by atoms with Crippen molar-refractivity contribution in [2.24, 2.45) is 5.73 Å². The predicted molar refractivity (Wildman–Crippen MR) is 79.6 cm³/mol. The third kappa shape index (κ3) is 4.86. The number of benzene rings is 1. The first-order valence-corrected chi connectivity index (χ1v) is 7.80. The summed E-state index contributed by atoms with van der Waals surface area (Å²) in [7, 11) is -2.66. The Morgan fingerprint density at radius 3 is 2.71 bits per heavy atom. The SMILES string of the molecule is COC(=O)C(C)S(=O)(=O)NCc1ccccc1C#CCN. The first-order chi connectivity index (χ1) is 9.92. The lowest BCUT2D eigenvalue weighted by Gasteiger charge is -2.12. The molecule has 0 aliphatic heterocycles. The molecule has 0 aliphatic carbocycles. The van der Waals surface area contributed by atoms with Crippen LogP contribution in [0.2, 0.25) is 0 Å². The van der Waals surface area contributed by atoms with Gasteiger partial charge in [0.05, 0.1) is 13.7 Å². The number of sulfonamides is 1. The molecule has 0 amide bonds. The molecule has 3 N–H and O–H groups in total. The molecule has 1 aromatic carbocycles. The highest BCUT2D eigenvalue weighted by Gasteiger charge is 2.28. The molecule has 0 saturated heterocycles. The van der Waals surface area contributed by atoms with Crippen LogP contribution in [0, 0.1) is 11.8 Å². The molecule has 0 fully saturated rings.